The zero-order chi connectivity index (χ0) is 21.7. The topological polar surface area (TPSA) is 63.2 Å². The highest BCUT2D eigenvalue weighted by Crippen LogP contribution is 2.21. The van der Waals surface area contributed by atoms with Crippen LogP contribution >= 0.6 is 0 Å². The number of hydrogen-bond acceptors (Lipinski definition) is 3. The van der Waals surface area contributed by atoms with Gasteiger partial charge in [-0.3, -0.25) is 9.52 Å². The average Bonchev–Trinajstić information content (AvgIpc) is 2.75. The Morgan fingerprint density at radius 1 is 0.733 bits per heavy atom. The number of carbonyl (C=O) groups excluding carboxylic acids is 1. The molecular formula is C25H35NO3S. The van der Waals surface area contributed by atoms with Gasteiger partial charge in [0.1, 0.15) is 0 Å². The van der Waals surface area contributed by atoms with Crippen molar-refractivity contribution in [3.8, 4) is 0 Å². The van der Waals surface area contributed by atoms with Crippen molar-refractivity contribution < 1.29 is 13.2 Å². The second-order valence-corrected chi connectivity index (χ2v) is 9.69. The van der Waals surface area contributed by atoms with Crippen LogP contribution in [0.15, 0.2) is 54.6 Å². The highest BCUT2D eigenvalue weighted by Gasteiger charge is 2.17. The van der Waals surface area contributed by atoms with E-state index in [2.05, 4.69) is 11.6 Å². The van der Waals surface area contributed by atoms with Crippen LogP contribution in [0.4, 0.5) is 5.69 Å². The smallest absolute Gasteiger partial charge is 0.232 e. The molecule has 4 nitrogen and oxygen atoms in total. The number of ketones is 1. The van der Waals surface area contributed by atoms with Gasteiger partial charge in [0.2, 0.25) is 10.0 Å². The molecule has 0 heterocycles. The number of benzene rings is 2. The highest BCUT2D eigenvalue weighted by atomic mass is 32.2. The maximum Gasteiger partial charge on any atom is 0.232 e. The Labute approximate surface area is 182 Å². The van der Waals surface area contributed by atoms with Gasteiger partial charge in [-0.2, -0.15) is 0 Å². The summed E-state index contributed by atoms with van der Waals surface area (Å²) in [6.45, 7) is 2.22. The first-order valence-electron chi connectivity index (χ1n) is 11.2. The van der Waals surface area contributed by atoms with E-state index in [1.54, 1.807) is 48.5 Å². The number of carbonyl (C=O) groups is 1. The Bertz CT molecular complexity index is 863. The van der Waals surface area contributed by atoms with E-state index in [9.17, 15) is 13.2 Å². The van der Waals surface area contributed by atoms with Crippen molar-refractivity contribution in [2.45, 2.75) is 71.1 Å². The van der Waals surface area contributed by atoms with Gasteiger partial charge in [-0.05, 0) is 18.6 Å². The number of anilines is 1. The van der Waals surface area contributed by atoms with Gasteiger partial charge >= 0.3 is 0 Å². The van der Waals surface area contributed by atoms with Crippen molar-refractivity contribution in [2.24, 2.45) is 0 Å². The molecule has 30 heavy (non-hydrogen) atoms. The van der Waals surface area contributed by atoms with Crippen LogP contribution in [-0.2, 0) is 10.0 Å². The molecule has 0 unspecified atom stereocenters. The molecule has 0 radical (unpaired) electrons. The van der Waals surface area contributed by atoms with Gasteiger partial charge in [0.25, 0.3) is 0 Å². The molecule has 0 spiro atoms. The van der Waals surface area contributed by atoms with E-state index in [4.69, 9.17) is 0 Å². The van der Waals surface area contributed by atoms with Gasteiger partial charge < -0.3 is 0 Å². The Balaban J connectivity index is 1.78. The van der Waals surface area contributed by atoms with Crippen LogP contribution in [0.1, 0.15) is 87.1 Å². The molecule has 2 aromatic carbocycles. The third kappa shape index (κ3) is 8.70. The SMILES string of the molecule is CCCCCCCCCCCCS(=O)(=O)Nc1ccccc1C(=O)c1ccccc1. The fraction of sp³-hybridized carbons (Fsp3) is 0.480. The molecule has 0 aliphatic rings. The second-order valence-electron chi connectivity index (χ2n) is 7.84. The lowest BCUT2D eigenvalue weighted by molar-refractivity contribution is 0.103. The van der Waals surface area contributed by atoms with Gasteiger partial charge in [-0.1, -0.05) is 107 Å². The molecule has 0 aromatic heterocycles. The molecular weight excluding hydrogens is 394 g/mol. The molecule has 0 aliphatic heterocycles. The summed E-state index contributed by atoms with van der Waals surface area (Å²) >= 11 is 0. The first kappa shape index (κ1) is 24.1. The Morgan fingerprint density at radius 3 is 1.90 bits per heavy atom. The summed E-state index contributed by atoms with van der Waals surface area (Å²) in [4.78, 5) is 12.8. The van der Waals surface area contributed by atoms with Crippen molar-refractivity contribution in [1.82, 2.24) is 0 Å². The summed E-state index contributed by atoms with van der Waals surface area (Å²) in [5, 5.41) is 0. The molecule has 5 heteroatoms. The summed E-state index contributed by atoms with van der Waals surface area (Å²) in [7, 11) is -3.48. The first-order valence-corrected chi connectivity index (χ1v) is 12.9. The molecule has 2 rings (SSSR count). The normalized spacial score (nSPS) is 11.4. The molecule has 0 aliphatic carbocycles. The molecule has 0 saturated heterocycles. The van der Waals surface area contributed by atoms with Gasteiger partial charge in [0.05, 0.1) is 11.4 Å². The molecule has 0 fully saturated rings. The monoisotopic (exact) mass is 429 g/mol. The van der Waals surface area contributed by atoms with Gasteiger partial charge in [0.15, 0.2) is 5.78 Å². The van der Waals surface area contributed by atoms with Gasteiger partial charge in [-0.15, -0.1) is 0 Å². The molecule has 2 aromatic rings. The lowest BCUT2D eigenvalue weighted by Crippen LogP contribution is -2.18. The maximum atomic E-state index is 12.8. The summed E-state index contributed by atoms with van der Waals surface area (Å²) in [6, 6.07) is 15.7. The minimum Gasteiger partial charge on any atom is -0.289 e. The van der Waals surface area contributed by atoms with E-state index in [0.29, 0.717) is 23.2 Å². The molecule has 0 atom stereocenters. The summed E-state index contributed by atoms with van der Waals surface area (Å²) in [6.07, 6.45) is 11.6. The number of nitrogens with one attached hydrogen (secondary N) is 1. The minimum atomic E-state index is -3.48. The number of unbranched alkanes of at least 4 members (excludes halogenated alkanes) is 9. The number of para-hydroxylation sites is 1. The van der Waals surface area contributed by atoms with Crippen LogP contribution in [0.3, 0.4) is 0 Å². The predicted molar refractivity (Wildman–Crippen MR) is 126 cm³/mol. The standard InChI is InChI=1S/C25H35NO3S/c1-2-3-4-5-6-7-8-9-10-16-21-30(28,29)26-24-20-15-14-19-23(24)25(27)22-17-12-11-13-18-22/h11-15,17-20,26H,2-10,16,21H2,1H3. The van der Waals surface area contributed by atoms with Crippen molar-refractivity contribution in [3.05, 3.63) is 65.7 Å². The first-order chi connectivity index (χ1) is 14.5. The van der Waals surface area contributed by atoms with E-state index in [1.807, 2.05) is 6.07 Å². The lowest BCUT2D eigenvalue weighted by atomic mass is 10.0. The lowest BCUT2D eigenvalue weighted by Gasteiger charge is -2.12. The van der Waals surface area contributed by atoms with E-state index in [0.717, 1.165) is 12.8 Å². The van der Waals surface area contributed by atoms with E-state index in [1.165, 1.54) is 44.9 Å². The fourth-order valence-corrected chi connectivity index (χ4v) is 4.71. The molecule has 0 bridgehead atoms. The largest absolute Gasteiger partial charge is 0.289 e. The number of rotatable bonds is 15. The zero-order valence-electron chi connectivity index (χ0n) is 18.1. The zero-order valence-corrected chi connectivity index (χ0v) is 18.9. The molecule has 1 N–H and O–H groups in total. The van der Waals surface area contributed by atoms with Crippen LogP contribution in [0.2, 0.25) is 0 Å². The molecule has 164 valence electrons. The van der Waals surface area contributed by atoms with Gasteiger partial charge in [0, 0.05) is 11.1 Å². The van der Waals surface area contributed by atoms with E-state index < -0.39 is 10.0 Å². The Hall–Kier alpha value is -2.14. The summed E-state index contributed by atoms with van der Waals surface area (Å²) < 4.78 is 27.7. The third-order valence-electron chi connectivity index (χ3n) is 5.24. The third-order valence-corrected chi connectivity index (χ3v) is 6.60. The Kier molecular flexibility index (Phi) is 10.6. The van der Waals surface area contributed by atoms with E-state index in [-0.39, 0.29) is 11.5 Å². The summed E-state index contributed by atoms with van der Waals surface area (Å²) in [5.41, 5.74) is 1.26. The molecule has 0 amide bonds. The maximum absolute atomic E-state index is 12.8. The minimum absolute atomic E-state index is 0.0807. The van der Waals surface area contributed by atoms with Crippen LogP contribution in [0.25, 0.3) is 0 Å². The predicted octanol–water partition coefficient (Wildman–Crippen LogP) is 6.58. The van der Waals surface area contributed by atoms with Crippen LogP contribution in [0.5, 0.6) is 0 Å². The van der Waals surface area contributed by atoms with Crippen molar-refractivity contribution in [3.63, 3.8) is 0 Å². The fourth-order valence-electron chi connectivity index (χ4n) is 3.51. The van der Waals surface area contributed by atoms with Crippen molar-refractivity contribution >= 4 is 21.5 Å². The van der Waals surface area contributed by atoms with Gasteiger partial charge in [-0.25, -0.2) is 8.42 Å². The molecule has 0 saturated carbocycles. The summed E-state index contributed by atoms with van der Waals surface area (Å²) in [5.74, 6) is -0.106. The van der Waals surface area contributed by atoms with Crippen LogP contribution in [-0.4, -0.2) is 20.0 Å². The average molecular weight is 430 g/mol. The number of hydrogen-bond donors (Lipinski definition) is 1. The number of sulfonamides is 1. The van der Waals surface area contributed by atoms with Crippen molar-refractivity contribution in [1.29, 1.82) is 0 Å². The van der Waals surface area contributed by atoms with Crippen molar-refractivity contribution in [2.75, 3.05) is 10.5 Å². The highest BCUT2D eigenvalue weighted by molar-refractivity contribution is 7.92. The quantitative estimate of drug-likeness (QED) is 0.257. The second kappa shape index (κ2) is 13.2. The van der Waals surface area contributed by atoms with E-state index >= 15 is 0 Å². The Morgan fingerprint density at radius 2 is 1.27 bits per heavy atom. The van der Waals surface area contributed by atoms with Crippen LogP contribution < -0.4 is 4.72 Å². The van der Waals surface area contributed by atoms with Crippen LogP contribution in [0, 0.1) is 0 Å².